The van der Waals surface area contributed by atoms with Gasteiger partial charge in [0, 0.05) is 13.1 Å². The predicted molar refractivity (Wildman–Crippen MR) is 48.9 cm³/mol. The fraction of sp³-hybridized carbons (Fsp3) is 0.667. The summed E-state index contributed by atoms with van der Waals surface area (Å²) < 4.78 is 0. The maximum absolute atomic E-state index is 10.7. The van der Waals surface area contributed by atoms with Crippen molar-refractivity contribution >= 4 is 6.29 Å². The largest absolute Gasteiger partial charge is 0.300 e. The van der Waals surface area contributed by atoms with Crippen molar-refractivity contribution in [2.24, 2.45) is 0 Å². The Morgan fingerprint density at radius 1 is 1.50 bits per heavy atom. The first-order chi connectivity index (χ1) is 5.75. The number of carbonyl (C=O) groups is 1. The number of rotatable bonds is 3. The molecular formula is C9H16N2O. The zero-order chi connectivity index (χ0) is 8.97. The van der Waals surface area contributed by atoms with Crippen LogP contribution in [0.5, 0.6) is 0 Å². The molecule has 12 heavy (non-hydrogen) atoms. The van der Waals surface area contributed by atoms with Crippen LogP contribution in [-0.2, 0) is 4.79 Å². The molecule has 3 nitrogen and oxygen atoms in total. The quantitative estimate of drug-likeness (QED) is 0.448. The predicted octanol–water partition coefficient (Wildman–Crippen LogP) is 0.335. The Morgan fingerprint density at radius 3 is 2.67 bits per heavy atom. The SMILES string of the molecule is CN(C)C(C=O)N1CC=CCC1. The minimum atomic E-state index is -0.0602. The lowest BCUT2D eigenvalue weighted by molar-refractivity contribution is -0.117. The van der Waals surface area contributed by atoms with Crippen LogP contribution in [0.3, 0.4) is 0 Å². The highest BCUT2D eigenvalue weighted by atomic mass is 16.1. The van der Waals surface area contributed by atoms with Gasteiger partial charge in [0.1, 0.15) is 6.17 Å². The molecule has 0 saturated carbocycles. The molecule has 0 bridgehead atoms. The van der Waals surface area contributed by atoms with Crippen LogP contribution in [0.15, 0.2) is 12.2 Å². The molecule has 1 aliphatic heterocycles. The average Bonchev–Trinajstić information content (AvgIpc) is 2.07. The third kappa shape index (κ3) is 2.16. The normalized spacial score (nSPS) is 21.2. The highest BCUT2D eigenvalue weighted by molar-refractivity contribution is 5.56. The Morgan fingerprint density at radius 2 is 2.25 bits per heavy atom. The lowest BCUT2D eigenvalue weighted by atomic mass is 10.2. The minimum Gasteiger partial charge on any atom is -0.300 e. The monoisotopic (exact) mass is 168 g/mol. The van der Waals surface area contributed by atoms with E-state index in [1.54, 1.807) is 0 Å². The molecule has 0 radical (unpaired) electrons. The van der Waals surface area contributed by atoms with Gasteiger partial charge in [-0.2, -0.15) is 0 Å². The van der Waals surface area contributed by atoms with Gasteiger partial charge in [-0.1, -0.05) is 12.2 Å². The van der Waals surface area contributed by atoms with E-state index in [0.29, 0.717) is 0 Å². The van der Waals surface area contributed by atoms with Gasteiger partial charge in [0.25, 0.3) is 0 Å². The van der Waals surface area contributed by atoms with E-state index < -0.39 is 0 Å². The molecule has 1 aliphatic rings. The maximum Gasteiger partial charge on any atom is 0.151 e. The topological polar surface area (TPSA) is 23.6 Å². The second-order valence-corrected chi connectivity index (χ2v) is 3.27. The number of aldehydes is 1. The highest BCUT2D eigenvalue weighted by Crippen LogP contribution is 2.06. The van der Waals surface area contributed by atoms with Gasteiger partial charge in [0.05, 0.1) is 0 Å². The average molecular weight is 168 g/mol. The van der Waals surface area contributed by atoms with Crippen molar-refractivity contribution in [1.29, 1.82) is 0 Å². The summed E-state index contributed by atoms with van der Waals surface area (Å²) in [4.78, 5) is 14.8. The Balaban J connectivity index is 2.53. The first-order valence-electron chi connectivity index (χ1n) is 4.26. The molecule has 0 aromatic heterocycles. The van der Waals surface area contributed by atoms with Crippen LogP contribution in [0.25, 0.3) is 0 Å². The smallest absolute Gasteiger partial charge is 0.151 e. The Labute approximate surface area is 73.6 Å². The van der Waals surface area contributed by atoms with Crippen LogP contribution >= 0.6 is 0 Å². The van der Waals surface area contributed by atoms with Crippen LogP contribution in [0, 0.1) is 0 Å². The number of nitrogens with zero attached hydrogens (tertiary/aromatic N) is 2. The van der Waals surface area contributed by atoms with E-state index >= 15 is 0 Å². The fourth-order valence-electron chi connectivity index (χ4n) is 1.43. The van der Waals surface area contributed by atoms with Gasteiger partial charge in [-0.15, -0.1) is 0 Å². The molecule has 1 atom stereocenters. The van der Waals surface area contributed by atoms with Gasteiger partial charge in [-0.05, 0) is 20.5 Å². The third-order valence-corrected chi connectivity index (χ3v) is 2.11. The molecule has 0 aromatic rings. The van der Waals surface area contributed by atoms with E-state index in [1.807, 2.05) is 19.0 Å². The molecule has 0 spiro atoms. The molecule has 68 valence electrons. The molecule has 0 amide bonds. The molecule has 1 heterocycles. The lowest BCUT2D eigenvalue weighted by Gasteiger charge is -2.32. The van der Waals surface area contributed by atoms with Crippen LogP contribution in [0.1, 0.15) is 6.42 Å². The fourth-order valence-corrected chi connectivity index (χ4v) is 1.43. The van der Waals surface area contributed by atoms with Crippen molar-refractivity contribution in [3.05, 3.63) is 12.2 Å². The lowest BCUT2D eigenvalue weighted by Crippen LogP contribution is -2.47. The van der Waals surface area contributed by atoms with E-state index in [9.17, 15) is 4.79 Å². The molecule has 0 aliphatic carbocycles. The van der Waals surface area contributed by atoms with Crippen LogP contribution in [-0.4, -0.2) is 49.4 Å². The Kier molecular flexibility index (Phi) is 3.44. The van der Waals surface area contributed by atoms with Crippen molar-refractivity contribution in [3.8, 4) is 0 Å². The Bertz CT molecular complexity index is 177. The molecule has 0 saturated heterocycles. The summed E-state index contributed by atoms with van der Waals surface area (Å²) in [5, 5.41) is 0. The molecular weight excluding hydrogens is 152 g/mol. The van der Waals surface area contributed by atoms with Crippen molar-refractivity contribution in [2.75, 3.05) is 27.2 Å². The number of hydrogen-bond acceptors (Lipinski definition) is 3. The molecule has 1 unspecified atom stereocenters. The Hall–Kier alpha value is -0.670. The van der Waals surface area contributed by atoms with E-state index in [1.165, 1.54) is 0 Å². The number of carbonyl (C=O) groups excluding carboxylic acids is 1. The van der Waals surface area contributed by atoms with Gasteiger partial charge < -0.3 is 4.79 Å². The van der Waals surface area contributed by atoms with Crippen molar-refractivity contribution in [3.63, 3.8) is 0 Å². The van der Waals surface area contributed by atoms with Gasteiger partial charge in [0.2, 0.25) is 0 Å². The summed E-state index contributed by atoms with van der Waals surface area (Å²) in [6.07, 6.45) is 6.27. The van der Waals surface area contributed by atoms with Crippen LogP contribution in [0.4, 0.5) is 0 Å². The highest BCUT2D eigenvalue weighted by Gasteiger charge is 2.19. The summed E-state index contributed by atoms with van der Waals surface area (Å²) in [7, 11) is 3.86. The second kappa shape index (κ2) is 4.38. The summed E-state index contributed by atoms with van der Waals surface area (Å²) in [6.45, 7) is 1.87. The number of hydrogen-bond donors (Lipinski definition) is 0. The zero-order valence-corrected chi connectivity index (χ0v) is 7.73. The molecule has 0 N–H and O–H groups in total. The van der Waals surface area contributed by atoms with Gasteiger partial charge >= 0.3 is 0 Å². The van der Waals surface area contributed by atoms with Crippen molar-refractivity contribution < 1.29 is 4.79 Å². The minimum absolute atomic E-state index is 0.0602. The standard InChI is InChI=1S/C9H16N2O/c1-10(2)9(8-12)11-6-4-3-5-7-11/h3-4,8-9H,5-7H2,1-2H3. The molecule has 0 fully saturated rings. The third-order valence-electron chi connectivity index (χ3n) is 2.11. The van der Waals surface area contributed by atoms with Gasteiger partial charge in [-0.3, -0.25) is 9.80 Å². The second-order valence-electron chi connectivity index (χ2n) is 3.27. The molecule has 1 rings (SSSR count). The van der Waals surface area contributed by atoms with Gasteiger partial charge in [0.15, 0.2) is 6.29 Å². The van der Waals surface area contributed by atoms with Crippen LogP contribution in [0.2, 0.25) is 0 Å². The van der Waals surface area contributed by atoms with Crippen LogP contribution < -0.4 is 0 Å². The van der Waals surface area contributed by atoms with E-state index in [4.69, 9.17) is 0 Å². The van der Waals surface area contributed by atoms with Crippen molar-refractivity contribution in [2.45, 2.75) is 12.6 Å². The van der Waals surface area contributed by atoms with E-state index in [2.05, 4.69) is 17.1 Å². The zero-order valence-electron chi connectivity index (χ0n) is 7.73. The van der Waals surface area contributed by atoms with Gasteiger partial charge in [-0.25, -0.2) is 0 Å². The summed E-state index contributed by atoms with van der Waals surface area (Å²) in [5.41, 5.74) is 0. The maximum atomic E-state index is 10.7. The molecule has 3 heteroatoms. The first-order valence-corrected chi connectivity index (χ1v) is 4.26. The summed E-state index contributed by atoms with van der Waals surface area (Å²) in [5.74, 6) is 0. The number of likely N-dealkylation sites (N-methyl/N-ethyl adjacent to an activating group) is 1. The van der Waals surface area contributed by atoms with E-state index in [0.717, 1.165) is 25.8 Å². The first kappa shape index (κ1) is 9.42. The summed E-state index contributed by atoms with van der Waals surface area (Å²) >= 11 is 0. The van der Waals surface area contributed by atoms with Crippen molar-refractivity contribution in [1.82, 2.24) is 9.80 Å². The molecule has 0 aromatic carbocycles. The van der Waals surface area contributed by atoms with E-state index in [-0.39, 0.29) is 6.17 Å². The summed E-state index contributed by atoms with van der Waals surface area (Å²) in [6, 6.07) is 0.